The zero-order valence-corrected chi connectivity index (χ0v) is 11.9. The number of aromatic nitrogens is 2. The van der Waals surface area contributed by atoms with Gasteiger partial charge in [-0.2, -0.15) is 18.3 Å². The number of nitrogens with zero attached hydrogens (tertiary/aromatic N) is 2. The maximum atomic E-state index is 12.6. The van der Waals surface area contributed by atoms with Crippen LogP contribution >= 0.6 is 12.2 Å². The summed E-state index contributed by atoms with van der Waals surface area (Å²) in [4.78, 5) is 0. The van der Waals surface area contributed by atoms with Crippen LogP contribution in [0.5, 0.6) is 0 Å². The molecule has 0 saturated carbocycles. The fourth-order valence-electron chi connectivity index (χ4n) is 1.66. The van der Waals surface area contributed by atoms with Crippen LogP contribution in [-0.2, 0) is 12.7 Å². The Balaban J connectivity index is 2.02. The molecule has 2 N–H and O–H groups in total. The number of halogens is 3. The molecule has 0 amide bonds. The van der Waals surface area contributed by atoms with Crippen LogP contribution in [0.15, 0.2) is 36.5 Å². The van der Waals surface area contributed by atoms with E-state index >= 15 is 0 Å². The molecule has 0 aliphatic rings. The largest absolute Gasteiger partial charge is 0.416 e. The monoisotopic (exact) mass is 314 g/mol. The van der Waals surface area contributed by atoms with E-state index in [1.807, 2.05) is 6.92 Å². The number of aryl methyl sites for hydroxylation is 1. The van der Waals surface area contributed by atoms with E-state index in [-0.39, 0.29) is 10.8 Å². The molecule has 0 radical (unpaired) electrons. The standard InChI is InChI=1S/C13H13F3N4S/c1-2-20-7-6-11(19-20)18-12(21)17-10-5-3-4-9(8-10)13(14,15)16/h3-8H,2H2,1H3,(H2,17,18,19,21). The zero-order chi connectivity index (χ0) is 15.5. The Morgan fingerprint density at radius 2 is 2.05 bits per heavy atom. The minimum atomic E-state index is -4.38. The summed E-state index contributed by atoms with van der Waals surface area (Å²) in [5.74, 6) is 0.529. The van der Waals surface area contributed by atoms with Crippen molar-refractivity contribution in [1.29, 1.82) is 0 Å². The van der Waals surface area contributed by atoms with Crippen LogP contribution in [0.3, 0.4) is 0 Å². The molecule has 0 aliphatic carbocycles. The van der Waals surface area contributed by atoms with Crippen molar-refractivity contribution in [3.8, 4) is 0 Å². The molecule has 112 valence electrons. The summed E-state index contributed by atoms with van der Waals surface area (Å²) in [6.07, 6.45) is -2.61. The summed E-state index contributed by atoms with van der Waals surface area (Å²) in [6, 6.07) is 6.56. The Labute approximate surface area is 125 Å². The zero-order valence-electron chi connectivity index (χ0n) is 11.1. The number of hydrogen-bond acceptors (Lipinski definition) is 2. The predicted octanol–water partition coefficient (Wildman–Crippen LogP) is 3.73. The lowest BCUT2D eigenvalue weighted by molar-refractivity contribution is -0.137. The third kappa shape index (κ3) is 4.19. The first-order valence-electron chi connectivity index (χ1n) is 6.17. The highest BCUT2D eigenvalue weighted by molar-refractivity contribution is 7.80. The van der Waals surface area contributed by atoms with Crippen molar-refractivity contribution >= 4 is 28.8 Å². The summed E-state index contributed by atoms with van der Waals surface area (Å²) < 4.78 is 39.5. The number of anilines is 2. The van der Waals surface area contributed by atoms with E-state index in [2.05, 4.69) is 15.7 Å². The quantitative estimate of drug-likeness (QED) is 0.847. The average molecular weight is 314 g/mol. The van der Waals surface area contributed by atoms with Crippen molar-refractivity contribution in [1.82, 2.24) is 9.78 Å². The van der Waals surface area contributed by atoms with Crippen LogP contribution in [0.25, 0.3) is 0 Å². The Morgan fingerprint density at radius 1 is 1.29 bits per heavy atom. The maximum absolute atomic E-state index is 12.6. The van der Waals surface area contributed by atoms with Gasteiger partial charge in [0.25, 0.3) is 0 Å². The first-order chi connectivity index (χ1) is 9.88. The van der Waals surface area contributed by atoms with E-state index in [0.717, 1.165) is 18.7 Å². The number of thiocarbonyl (C=S) groups is 1. The summed E-state index contributed by atoms with van der Waals surface area (Å²) >= 11 is 5.05. The molecule has 0 fully saturated rings. The van der Waals surface area contributed by atoms with Gasteiger partial charge in [-0.1, -0.05) is 6.07 Å². The molecule has 2 aromatic rings. The van der Waals surface area contributed by atoms with Crippen molar-refractivity contribution in [2.75, 3.05) is 10.6 Å². The maximum Gasteiger partial charge on any atom is 0.416 e. The SMILES string of the molecule is CCn1ccc(NC(=S)Nc2cccc(C(F)(F)F)c2)n1. The second-order valence-corrected chi connectivity index (χ2v) is 4.62. The van der Waals surface area contributed by atoms with Gasteiger partial charge in [0.15, 0.2) is 10.9 Å². The van der Waals surface area contributed by atoms with Gasteiger partial charge in [0.05, 0.1) is 5.56 Å². The van der Waals surface area contributed by atoms with Crippen molar-refractivity contribution in [3.05, 3.63) is 42.1 Å². The second-order valence-electron chi connectivity index (χ2n) is 4.21. The molecule has 0 bridgehead atoms. The molecule has 0 atom stereocenters. The van der Waals surface area contributed by atoms with Gasteiger partial charge in [0.1, 0.15) is 0 Å². The Kier molecular flexibility index (Phi) is 4.46. The lowest BCUT2D eigenvalue weighted by atomic mass is 10.2. The minimum absolute atomic E-state index is 0.177. The van der Waals surface area contributed by atoms with Crippen LogP contribution < -0.4 is 10.6 Å². The number of nitrogens with one attached hydrogen (secondary N) is 2. The van der Waals surface area contributed by atoms with Gasteiger partial charge in [-0.15, -0.1) is 0 Å². The van der Waals surface area contributed by atoms with Gasteiger partial charge in [0.2, 0.25) is 0 Å². The van der Waals surface area contributed by atoms with E-state index < -0.39 is 11.7 Å². The summed E-state index contributed by atoms with van der Waals surface area (Å²) in [7, 11) is 0. The molecule has 0 aliphatic heterocycles. The molecular weight excluding hydrogens is 301 g/mol. The van der Waals surface area contributed by atoms with Gasteiger partial charge >= 0.3 is 6.18 Å². The molecule has 2 rings (SSSR count). The van der Waals surface area contributed by atoms with E-state index in [4.69, 9.17) is 12.2 Å². The Bertz CT molecular complexity index is 636. The van der Waals surface area contributed by atoms with E-state index in [0.29, 0.717) is 5.82 Å². The molecule has 0 saturated heterocycles. The third-order valence-corrected chi connectivity index (χ3v) is 2.86. The van der Waals surface area contributed by atoms with Crippen LogP contribution in [0.1, 0.15) is 12.5 Å². The highest BCUT2D eigenvalue weighted by Gasteiger charge is 2.30. The third-order valence-electron chi connectivity index (χ3n) is 2.65. The van der Waals surface area contributed by atoms with Crippen molar-refractivity contribution in [2.24, 2.45) is 0 Å². The second kappa shape index (κ2) is 6.13. The fraction of sp³-hybridized carbons (Fsp3) is 0.231. The lowest BCUT2D eigenvalue weighted by Crippen LogP contribution is -2.20. The molecular formula is C13H13F3N4S. The van der Waals surface area contributed by atoms with Crippen LogP contribution in [-0.4, -0.2) is 14.9 Å². The highest BCUT2D eigenvalue weighted by atomic mass is 32.1. The molecule has 0 unspecified atom stereocenters. The van der Waals surface area contributed by atoms with Gasteiger partial charge in [0, 0.05) is 24.5 Å². The molecule has 4 nitrogen and oxygen atoms in total. The van der Waals surface area contributed by atoms with Crippen LogP contribution in [0.2, 0.25) is 0 Å². The van der Waals surface area contributed by atoms with Gasteiger partial charge in [-0.25, -0.2) is 0 Å². The number of rotatable bonds is 3. The average Bonchev–Trinajstić information content (AvgIpc) is 2.85. The van der Waals surface area contributed by atoms with Crippen LogP contribution in [0.4, 0.5) is 24.7 Å². The minimum Gasteiger partial charge on any atom is -0.332 e. The van der Waals surface area contributed by atoms with E-state index in [9.17, 15) is 13.2 Å². The van der Waals surface area contributed by atoms with Crippen molar-refractivity contribution in [2.45, 2.75) is 19.6 Å². The molecule has 0 spiro atoms. The van der Waals surface area contributed by atoms with Gasteiger partial charge in [-0.05, 0) is 37.3 Å². The smallest absolute Gasteiger partial charge is 0.332 e. The van der Waals surface area contributed by atoms with Crippen LogP contribution in [0, 0.1) is 0 Å². The van der Waals surface area contributed by atoms with Crippen molar-refractivity contribution < 1.29 is 13.2 Å². The van der Waals surface area contributed by atoms with Gasteiger partial charge in [-0.3, -0.25) is 4.68 Å². The number of alkyl halides is 3. The van der Waals surface area contributed by atoms with E-state index in [1.54, 1.807) is 16.9 Å². The molecule has 21 heavy (non-hydrogen) atoms. The first kappa shape index (κ1) is 15.3. The molecule has 8 heteroatoms. The van der Waals surface area contributed by atoms with Gasteiger partial charge < -0.3 is 10.6 Å². The topological polar surface area (TPSA) is 41.9 Å². The fourth-order valence-corrected chi connectivity index (χ4v) is 1.88. The molecule has 1 aromatic heterocycles. The van der Waals surface area contributed by atoms with Crippen molar-refractivity contribution in [3.63, 3.8) is 0 Å². The Hall–Kier alpha value is -2.09. The summed E-state index contributed by atoms with van der Waals surface area (Å²) in [6.45, 7) is 2.66. The summed E-state index contributed by atoms with van der Waals surface area (Å²) in [5, 5.41) is 9.85. The number of benzene rings is 1. The first-order valence-corrected chi connectivity index (χ1v) is 6.58. The molecule has 1 aromatic carbocycles. The molecule has 1 heterocycles. The lowest BCUT2D eigenvalue weighted by Gasteiger charge is -2.11. The van der Waals surface area contributed by atoms with E-state index in [1.165, 1.54) is 12.1 Å². The normalized spacial score (nSPS) is 11.2. The highest BCUT2D eigenvalue weighted by Crippen LogP contribution is 2.30. The number of hydrogen-bond donors (Lipinski definition) is 2. The predicted molar refractivity (Wildman–Crippen MR) is 79.2 cm³/mol. The Morgan fingerprint density at radius 3 is 2.67 bits per heavy atom. The summed E-state index contributed by atoms with van der Waals surface area (Å²) in [5.41, 5.74) is -0.470.